The monoisotopic (exact) mass is 459 g/mol. The third kappa shape index (κ3) is 3.87. The molecule has 0 aliphatic carbocycles. The fourth-order valence-electron chi connectivity index (χ4n) is 3.84. The minimum absolute atomic E-state index is 0.214. The second-order valence-corrected chi connectivity index (χ2v) is 7.99. The maximum Gasteiger partial charge on any atom is 0.257 e. The van der Waals surface area contributed by atoms with Gasteiger partial charge in [-0.3, -0.25) is 9.36 Å². The molecular weight excluding hydrogens is 441 g/mol. The molecule has 0 atom stereocenters. The van der Waals surface area contributed by atoms with Crippen LogP contribution in [0.25, 0.3) is 27.9 Å². The van der Waals surface area contributed by atoms with Gasteiger partial charge in [-0.2, -0.15) is 0 Å². The van der Waals surface area contributed by atoms with E-state index < -0.39 is 5.91 Å². The number of hydrogen-bond acceptors (Lipinski definition) is 4. The van der Waals surface area contributed by atoms with E-state index in [-0.39, 0.29) is 23.7 Å². The number of carbonyl (C=O) groups is 1. The quantitative estimate of drug-likeness (QED) is 0.390. The summed E-state index contributed by atoms with van der Waals surface area (Å²) in [7, 11) is 0. The number of nitrogens with two attached hydrogens (primary N) is 1. The van der Waals surface area contributed by atoms with Gasteiger partial charge in [-0.25, -0.2) is 14.4 Å². The summed E-state index contributed by atoms with van der Waals surface area (Å²) in [6.07, 6.45) is 0.350. The van der Waals surface area contributed by atoms with Crippen molar-refractivity contribution in [1.82, 2.24) is 19.9 Å². The standard InChI is InChI=1S/C25H19ClFN5O/c26-16-9-11-17(12-10-16)32-23(28)21(22-24(32)31-20-8-4-3-7-19(20)30-22)25(33)29-14-13-15-5-1-2-6-18(15)27/h1-12H,13-14,28H2,(H,29,33). The Balaban J connectivity index is 1.58. The minimum atomic E-state index is -0.397. The van der Waals surface area contributed by atoms with Gasteiger partial charge in [-0.05, 0) is 54.4 Å². The van der Waals surface area contributed by atoms with Crippen molar-refractivity contribution in [3.8, 4) is 5.69 Å². The van der Waals surface area contributed by atoms with Crippen LogP contribution in [-0.2, 0) is 6.42 Å². The van der Waals surface area contributed by atoms with Crippen molar-refractivity contribution in [2.24, 2.45) is 0 Å². The summed E-state index contributed by atoms with van der Waals surface area (Å²) in [6.45, 7) is 0.244. The van der Waals surface area contributed by atoms with Gasteiger partial charge in [-0.15, -0.1) is 0 Å². The van der Waals surface area contributed by atoms with Gasteiger partial charge in [0.2, 0.25) is 0 Å². The molecule has 5 rings (SSSR count). The number of anilines is 1. The summed E-state index contributed by atoms with van der Waals surface area (Å²) in [4.78, 5) is 22.6. The summed E-state index contributed by atoms with van der Waals surface area (Å²) in [5.41, 5.74) is 10.1. The van der Waals surface area contributed by atoms with Gasteiger partial charge in [0, 0.05) is 17.3 Å². The molecule has 164 valence electrons. The molecule has 0 unspecified atom stereocenters. The average Bonchev–Trinajstić information content (AvgIpc) is 3.10. The van der Waals surface area contributed by atoms with E-state index in [4.69, 9.17) is 27.3 Å². The lowest BCUT2D eigenvalue weighted by Crippen LogP contribution is -2.26. The van der Waals surface area contributed by atoms with Gasteiger partial charge >= 0.3 is 0 Å². The van der Waals surface area contributed by atoms with Gasteiger partial charge in [0.15, 0.2) is 5.65 Å². The Morgan fingerprint density at radius 3 is 2.36 bits per heavy atom. The molecule has 2 heterocycles. The Morgan fingerprint density at radius 1 is 0.970 bits per heavy atom. The lowest BCUT2D eigenvalue weighted by molar-refractivity contribution is 0.0956. The number of carbonyl (C=O) groups excluding carboxylic acids is 1. The van der Waals surface area contributed by atoms with Crippen LogP contribution < -0.4 is 11.1 Å². The first-order valence-electron chi connectivity index (χ1n) is 10.4. The molecule has 0 aliphatic rings. The van der Waals surface area contributed by atoms with Crippen molar-refractivity contribution in [1.29, 1.82) is 0 Å². The molecule has 5 aromatic rings. The molecule has 3 N–H and O–H groups in total. The minimum Gasteiger partial charge on any atom is -0.384 e. The van der Waals surface area contributed by atoms with Crippen LogP contribution in [0.1, 0.15) is 15.9 Å². The second-order valence-electron chi connectivity index (χ2n) is 7.55. The Kier molecular flexibility index (Phi) is 5.40. The van der Waals surface area contributed by atoms with Gasteiger partial charge < -0.3 is 11.1 Å². The van der Waals surface area contributed by atoms with Gasteiger partial charge in [0.25, 0.3) is 5.91 Å². The Morgan fingerprint density at radius 2 is 1.64 bits per heavy atom. The first-order valence-corrected chi connectivity index (χ1v) is 10.7. The molecule has 8 heteroatoms. The summed E-state index contributed by atoms with van der Waals surface area (Å²) < 4.78 is 15.6. The SMILES string of the molecule is Nc1c(C(=O)NCCc2ccccc2F)c2nc3ccccc3nc2n1-c1ccc(Cl)cc1. The molecule has 0 radical (unpaired) electrons. The number of fused-ring (bicyclic) bond motifs is 2. The third-order valence-electron chi connectivity index (χ3n) is 5.45. The first-order chi connectivity index (χ1) is 16.0. The zero-order valence-electron chi connectivity index (χ0n) is 17.4. The number of amides is 1. The number of nitrogens with zero attached hydrogens (tertiary/aromatic N) is 3. The van der Waals surface area contributed by atoms with E-state index in [9.17, 15) is 9.18 Å². The molecule has 0 saturated heterocycles. The van der Waals surface area contributed by atoms with Crippen molar-refractivity contribution in [2.45, 2.75) is 6.42 Å². The highest BCUT2D eigenvalue weighted by Crippen LogP contribution is 2.31. The predicted molar refractivity (Wildman–Crippen MR) is 128 cm³/mol. The van der Waals surface area contributed by atoms with Crippen molar-refractivity contribution >= 4 is 45.5 Å². The van der Waals surface area contributed by atoms with Crippen LogP contribution in [0.4, 0.5) is 10.2 Å². The van der Waals surface area contributed by atoms with E-state index in [1.807, 2.05) is 24.3 Å². The van der Waals surface area contributed by atoms with Crippen LogP contribution >= 0.6 is 11.6 Å². The molecule has 2 aromatic heterocycles. The number of hydrogen-bond donors (Lipinski definition) is 2. The van der Waals surface area contributed by atoms with E-state index >= 15 is 0 Å². The van der Waals surface area contributed by atoms with E-state index in [0.717, 1.165) is 0 Å². The fourth-order valence-corrected chi connectivity index (χ4v) is 3.96. The zero-order valence-corrected chi connectivity index (χ0v) is 18.2. The van der Waals surface area contributed by atoms with Crippen molar-refractivity contribution in [3.05, 3.63) is 94.8 Å². The highest BCUT2D eigenvalue weighted by Gasteiger charge is 2.24. The molecule has 1 amide bonds. The molecule has 0 saturated carbocycles. The van der Waals surface area contributed by atoms with Gasteiger partial charge in [0.1, 0.15) is 22.7 Å². The smallest absolute Gasteiger partial charge is 0.257 e. The number of nitrogens with one attached hydrogen (secondary N) is 1. The maximum atomic E-state index is 13.9. The average molecular weight is 460 g/mol. The van der Waals surface area contributed by atoms with Crippen LogP contribution in [0.15, 0.2) is 72.8 Å². The number of halogens is 2. The highest BCUT2D eigenvalue weighted by atomic mass is 35.5. The number of benzene rings is 3. The van der Waals surface area contributed by atoms with Crippen molar-refractivity contribution in [2.75, 3.05) is 12.3 Å². The number of nitrogen functional groups attached to an aromatic ring is 1. The predicted octanol–water partition coefficient (Wildman–Crippen LogP) is 4.92. The van der Waals surface area contributed by atoms with Crippen LogP contribution in [0.3, 0.4) is 0 Å². The third-order valence-corrected chi connectivity index (χ3v) is 5.70. The molecule has 6 nitrogen and oxygen atoms in total. The Hall–Kier alpha value is -3.97. The Bertz CT molecular complexity index is 1500. The number of aromatic nitrogens is 3. The molecule has 0 fully saturated rings. The lowest BCUT2D eigenvalue weighted by atomic mass is 10.1. The van der Waals surface area contributed by atoms with Gasteiger partial charge in [0.05, 0.1) is 11.0 Å². The molecule has 0 spiro atoms. The number of rotatable bonds is 5. The maximum absolute atomic E-state index is 13.9. The molecule has 0 bridgehead atoms. The first kappa shape index (κ1) is 20.9. The second kappa shape index (κ2) is 8.52. The summed E-state index contributed by atoms with van der Waals surface area (Å²) in [5, 5.41) is 3.42. The number of para-hydroxylation sites is 2. The van der Waals surface area contributed by atoms with Crippen LogP contribution in [0.5, 0.6) is 0 Å². The van der Waals surface area contributed by atoms with Gasteiger partial charge in [-0.1, -0.05) is 41.9 Å². The molecule has 3 aromatic carbocycles. The van der Waals surface area contributed by atoms with E-state index in [2.05, 4.69) is 5.32 Å². The van der Waals surface area contributed by atoms with Crippen LogP contribution in [0.2, 0.25) is 5.02 Å². The van der Waals surface area contributed by atoms with E-state index in [1.54, 1.807) is 47.0 Å². The van der Waals surface area contributed by atoms with Crippen molar-refractivity contribution in [3.63, 3.8) is 0 Å². The molecular formula is C25H19ClFN5O. The Labute approximate surface area is 193 Å². The summed E-state index contributed by atoms with van der Waals surface area (Å²) in [6, 6.07) is 21.0. The fraction of sp³-hybridized carbons (Fsp3) is 0.0800. The van der Waals surface area contributed by atoms with Crippen LogP contribution in [0, 0.1) is 5.82 Å². The highest BCUT2D eigenvalue weighted by molar-refractivity contribution is 6.30. The lowest BCUT2D eigenvalue weighted by Gasteiger charge is -2.08. The molecule has 33 heavy (non-hydrogen) atoms. The largest absolute Gasteiger partial charge is 0.384 e. The normalized spacial score (nSPS) is 11.2. The van der Waals surface area contributed by atoms with E-state index in [1.165, 1.54) is 6.07 Å². The summed E-state index contributed by atoms with van der Waals surface area (Å²) in [5.74, 6) is -0.486. The topological polar surface area (TPSA) is 85.8 Å². The van der Waals surface area contributed by atoms with Crippen LogP contribution in [-0.4, -0.2) is 27.0 Å². The van der Waals surface area contributed by atoms with Crippen molar-refractivity contribution < 1.29 is 9.18 Å². The summed E-state index contributed by atoms with van der Waals surface area (Å²) >= 11 is 6.05. The van der Waals surface area contributed by atoms with E-state index in [0.29, 0.717) is 44.9 Å². The zero-order chi connectivity index (χ0) is 22.9. The molecule has 0 aliphatic heterocycles.